The third-order valence-electron chi connectivity index (χ3n) is 2.90. The lowest BCUT2D eigenvalue weighted by atomic mass is 10.3. The van der Waals surface area contributed by atoms with Crippen molar-refractivity contribution < 1.29 is 9.59 Å². The van der Waals surface area contributed by atoms with Crippen LogP contribution in [0.1, 0.15) is 0 Å². The minimum Gasteiger partial charge on any atom is -0.271 e. The Kier molecular flexibility index (Phi) is 5.81. The molecule has 0 aliphatic heterocycles. The molecule has 0 atom stereocenters. The smallest absolute Gasteiger partial charge is 0.261 e. The van der Waals surface area contributed by atoms with E-state index in [0.717, 1.165) is 0 Å². The van der Waals surface area contributed by atoms with Gasteiger partial charge in [0.15, 0.2) is 0 Å². The van der Waals surface area contributed by atoms with Crippen LogP contribution >= 0.6 is 23.2 Å². The number of alkyl halides is 2. The van der Waals surface area contributed by atoms with Gasteiger partial charge in [0.2, 0.25) is 0 Å². The van der Waals surface area contributed by atoms with Crippen molar-refractivity contribution >= 4 is 46.4 Å². The van der Waals surface area contributed by atoms with E-state index in [1.807, 2.05) is 12.1 Å². The number of nitrogens with zero attached hydrogens (tertiary/aromatic N) is 2. The van der Waals surface area contributed by atoms with E-state index in [1.165, 1.54) is 10.0 Å². The molecule has 22 heavy (non-hydrogen) atoms. The molecule has 0 heterocycles. The Morgan fingerprint density at radius 2 is 1.00 bits per heavy atom. The molecule has 0 saturated carbocycles. The van der Waals surface area contributed by atoms with Crippen LogP contribution in [0.5, 0.6) is 0 Å². The SMILES string of the molecule is O=C(CCl)N(c1ccccc1)N(C(=O)CCl)c1ccccc1. The molecule has 2 amide bonds. The number of benzene rings is 2. The van der Waals surface area contributed by atoms with E-state index in [-0.39, 0.29) is 11.8 Å². The third-order valence-corrected chi connectivity index (χ3v) is 3.36. The van der Waals surface area contributed by atoms with Crippen LogP contribution in [0.4, 0.5) is 11.4 Å². The first-order chi connectivity index (χ1) is 10.7. The monoisotopic (exact) mass is 336 g/mol. The van der Waals surface area contributed by atoms with E-state index in [2.05, 4.69) is 0 Å². The first-order valence-corrected chi connectivity index (χ1v) is 7.63. The summed E-state index contributed by atoms with van der Waals surface area (Å²) in [6.07, 6.45) is 0. The molecule has 0 unspecified atom stereocenters. The summed E-state index contributed by atoms with van der Waals surface area (Å²) in [6, 6.07) is 17.6. The molecular weight excluding hydrogens is 323 g/mol. The number of amides is 2. The van der Waals surface area contributed by atoms with Crippen LogP contribution in [0.3, 0.4) is 0 Å². The lowest BCUT2D eigenvalue weighted by Crippen LogP contribution is -2.51. The minimum absolute atomic E-state index is 0.256. The zero-order chi connectivity index (χ0) is 15.9. The van der Waals surface area contributed by atoms with Gasteiger partial charge in [-0.1, -0.05) is 36.4 Å². The van der Waals surface area contributed by atoms with Crippen LogP contribution in [0.2, 0.25) is 0 Å². The van der Waals surface area contributed by atoms with Crippen molar-refractivity contribution in [3.8, 4) is 0 Å². The van der Waals surface area contributed by atoms with Crippen molar-refractivity contribution in [3.63, 3.8) is 0 Å². The summed E-state index contributed by atoms with van der Waals surface area (Å²) < 4.78 is 0. The highest BCUT2D eigenvalue weighted by molar-refractivity contribution is 6.32. The van der Waals surface area contributed by atoms with Gasteiger partial charge in [0.1, 0.15) is 11.8 Å². The fraction of sp³-hybridized carbons (Fsp3) is 0.125. The molecule has 0 aromatic heterocycles. The number of para-hydroxylation sites is 2. The largest absolute Gasteiger partial charge is 0.271 e. The highest BCUT2D eigenvalue weighted by Crippen LogP contribution is 2.23. The fourth-order valence-electron chi connectivity index (χ4n) is 1.99. The minimum atomic E-state index is -0.421. The summed E-state index contributed by atoms with van der Waals surface area (Å²) in [6.45, 7) is 0. The molecule has 2 rings (SSSR count). The van der Waals surface area contributed by atoms with Crippen molar-refractivity contribution in [2.24, 2.45) is 0 Å². The molecule has 114 valence electrons. The molecule has 6 heteroatoms. The summed E-state index contributed by atoms with van der Waals surface area (Å²) in [5, 5.41) is 2.49. The number of hydrogen-bond donors (Lipinski definition) is 0. The number of hydrazine groups is 1. The highest BCUT2D eigenvalue weighted by Gasteiger charge is 2.28. The van der Waals surface area contributed by atoms with Gasteiger partial charge in [0, 0.05) is 0 Å². The second-order valence-electron chi connectivity index (χ2n) is 4.35. The lowest BCUT2D eigenvalue weighted by molar-refractivity contribution is -0.121. The van der Waals surface area contributed by atoms with Crippen molar-refractivity contribution in [2.45, 2.75) is 0 Å². The first kappa shape index (κ1) is 16.3. The summed E-state index contributed by atoms with van der Waals surface area (Å²) in [7, 11) is 0. The standard InChI is InChI=1S/C16H14Cl2N2O2/c17-11-15(21)19(13-7-3-1-4-8-13)20(16(22)12-18)14-9-5-2-6-10-14/h1-10H,11-12H2. The maximum atomic E-state index is 12.3. The topological polar surface area (TPSA) is 40.6 Å². The summed E-state index contributed by atoms with van der Waals surface area (Å²) in [4.78, 5) is 24.6. The second-order valence-corrected chi connectivity index (χ2v) is 4.88. The van der Waals surface area contributed by atoms with Gasteiger partial charge >= 0.3 is 0 Å². The Morgan fingerprint density at radius 3 is 1.27 bits per heavy atom. The van der Waals surface area contributed by atoms with E-state index < -0.39 is 11.8 Å². The number of carbonyl (C=O) groups excluding carboxylic acids is 2. The number of hydrogen-bond acceptors (Lipinski definition) is 2. The van der Waals surface area contributed by atoms with Gasteiger partial charge in [-0.3, -0.25) is 9.59 Å². The van der Waals surface area contributed by atoms with Gasteiger partial charge in [-0.25, -0.2) is 10.0 Å². The number of anilines is 2. The molecule has 0 aliphatic rings. The van der Waals surface area contributed by atoms with Crippen LogP contribution in [0.15, 0.2) is 60.7 Å². The molecule has 0 aliphatic carbocycles. The quantitative estimate of drug-likeness (QED) is 0.633. The Labute approximate surface area is 138 Å². The van der Waals surface area contributed by atoms with Crippen LogP contribution in [-0.4, -0.2) is 23.6 Å². The van der Waals surface area contributed by atoms with E-state index in [0.29, 0.717) is 11.4 Å². The molecule has 0 fully saturated rings. The molecule has 0 radical (unpaired) electrons. The first-order valence-electron chi connectivity index (χ1n) is 6.57. The van der Waals surface area contributed by atoms with Crippen molar-refractivity contribution in [2.75, 3.05) is 21.8 Å². The van der Waals surface area contributed by atoms with Crippen LogP contribution in [0, 0.1) is 0 Å². The number of halogens is 2. The van der Waals surface area contributed by atoms with Gasteiger partial charge < -0.3 is 0 Å². The van der Waals surface area contributed by atoms with E-state index in [1.54, 1.807) is 48.5 Å². The van der Waals surface area contributed by atoms with Crippen LogP contribution < -0.4 is 10.0 Å². The zero-order valence-electron chi connectivity index (χ0n) is 11.7. The average Bonchev–Trinajstić information content (AvgIpc) is 2.59. The molecule has 2 aromatic carbocycles. The molecule has 0 saturated heterocycles. The summed E-state index contributed by atoms with van der Waals surface area (Å²) in [5.41, 5.74) is 1.07. The molecule has 2 aromatic rings. The van der Waals surface area contributed by atoms with Gasteiger partial charge in [-0.15, -0.1) is 23.2 Å². The predicted molar refractivity (Wildman–Crippen MR) is 89.3 cm³/mol. The lowest BCUT2D eigenvalue weighted by Gasteiger charge is -2.34. The molecule has 0 N–H and O–H groups in total. The number of rotatable bonds is 4. The Morgan fingerprint density at radius 1 is 0.682 bits per heavy atom. The fourth-order valence-corrected chi connectivity index (χ4v) is 2.22. The predicted octanol–water partition coefficient (Wildman–Crippen LogP) is 3.45. The maximum absolute atomic E-state index is 12.3. The van der Waals surface area contributed by atoms with Gasteiger partial charge in [-0.2, -0.15) is 0 Å². The van der Waals surface area contributed by atoms with E-state index >= 15 is 0 Å². The van der Waals surface area contributed by atoms with Crippen molar-refractivity contribution in [1.82, 2.24) is 0 Å². The molecular formula is C16H14Cl2N2O2. The van der Waals surface area contributed by atoms with Gasteiger partial charge in [0.05, 0.1) is 11.4 Å². The highest BCUT2D eigenvalue weighted by atomic mass is 35.5. The molecule has 4 nitrogen and oxygen atoms in total. The van der Waals surface area contributed by atoms with Crippen LogP contribution in [0.25, 0.3) is 0 Å². The Hall–Kier alpha value is -2.04. The van der Waals surface area contributed by atoms with Crippen molar-refractivity contribution in [1.29, 1.82) is 0 Å². The van der Waals surface area contributed by atoms with E-state index in [4.69, 9.17) is 23.2 Å². The number of carbonyl (C=O) groups is 2. The van der Waals surface area contributed by atoms with Crippen LogP contribution in [-0.2, 0) is 9.59 Å². The average molecular weight is 337 g/mol. The summed E-state index contributed by atoms with van der Waals surface area (Å²) >= 11 is 11.4. The third kappa shape index (κ3) is 3.59. The summed E-state index contributed by atoms with van der Waals surface area (Å²) in [5.74, 6) is -1.35. The molecule has 0 spiro atoms. The van der Waals surface area contributed by atoms with Crippen molar-refractivity contribution in [3.05, 3.63) is 60.7 Å². The Balaban J connectivity index is 2.54. The molecule has 0 bridgehead atoms. The second kappa shape index (κ2) is 7.82. The zero-order valence-corrected chi connectivity index (χ0v) is 13.2. The normalized spacial score (nSPS) is 10.1. The maximum Gasteiger partial charge on any atom is 0.261 e. The van der Waals surface area contributed by atoms with Gasteiger partial charge in [-0.05, 0) is 24.3 Å². The van der Waals surface area contributed by atoms with Gasteiger partial charge in [0.25, 0.3) is 11.8 Å². The van der Waals surface area contributed by atoms with E-state index in [9.17, 15) is 9.59 Å². The Bertz CT molecular complexity index is 578.